The fourth-order valence-corrected chi connectivity index (χ4v) is 19.9. The summed E-state index contributed by atoms with van der Waals surface area (Å²) in [5.74, 6) is 0. The van der Waals surface area contributed by atoms with Crippen molar-refractivity contribution < 1.29 is 46.1 Å². The molecule has 0 aromatic heterocycles. The van der Waals surface area contributed by atoms with Crippen LogP contribution in [0.5, 0.6) is 0 Å². The van der Waals surface area contributed by atoms with Crippen LogP contribution in [0, 0.1) is 16.2 Å². The zero-order chi connectivity index (χ0) is 45.5. The van der Waals surface area contributed by atoms with E-state index in [1.807, 2.05) is 0 Å². The van der Waals surface area contributed by atoms with Gasteiger partial charge in [0.1, 0.15) is 0 Å². The van der Waals surface area contributed by atoms with E-state index in [0.717, 1.165) is 6.42 Å². The first-order valence-electron chi connectivity index (χ1n) is 23.6. The summed E-state index contributed by atoms with van der Waals surface area (Å²) >= 11 is -3.09. The van der Waals surface area contributed by atoms with Crippen molar-refractivity contribution in [2.45, 2.75) is 163 Å². The molecule has 0 atom stereocenters. The first kappa shape index (κ1) is 50.6. The van der Waals surface area contributed by atoms with E-state index < -0.39 is 21.3 Å². The Bertz CT molecular complexity index is 2510. The third-order valence-electron chi connectivity index (χ3n) is 14.6. The predicted octanol–water partition coefficient (Wildman–Crippen LogP) is 10.9. The summed E-state index contributed by atoms with van der Waals surface area (Å²) in [5, 5.41) is 0. The molecule has 0 radical (unpaired) electrons. The second kappa shape index (κ2) is 16.4. The number of rotatable bonds is 4. The molecule has 0 heterocycles. The van der Waals surface area contributed by atoms with Crippen molar-refractivity contribution >= 4 is 14.4 Å². The SMILES string of the molecule is CC(C)(C)C1=CC[C]([Zr+2](=[C](c2ccc(C(C)(C)C)cc2)c2ccc(C(C)(C)C)cc2)[CH]2c3cc4c(cc3-c3cc5c(cc32)C(C)(C)C=C5C(C)(C)C)C(C(C)(C)C)=CC4(C)C)=C1.[Cl-].[Cl-]. The molecule has 4 aromatic rings. The Morgan fingerprint density at radius 2 is 0.859 bits per heavy atom. The molecule has 338 valence electrons. The zero-order valence-electron chi connectivity index (χ0n) is 42.8. The average molecular weight is 971 g/mol. The fourth-order valence-electron chi connectivity index (χ4n) is 10.9. The van der Waals surface area contributed by atoms with Crippen LogP contribution in [0.15, 0.2) is 106 Å². The molecule has 0 amide bonds. The van der Waals surface area contributed by atoms with Crippen molar-refractivity contribution in [3.8, 4) is 11.1 Å². The molecule has 0 saturated heterocycles. The van der Waals surface area contributed by atoms with Crippen LogP contribution in [-0.4, -0.2) is 3.21 Å². The molecule has 4 aromatic carbocycles. The smallest absolute Gasteiger partial charge is 1.00 e. The van der Waals surface area contributed by atoms with Crippen molar-refractivity contribution in [3.05, 3.63) is 162 Å². The van der Waals surface area contributed by atoms with Crippen molar-refractivity contribution in [1.82, 2.24) is 0 Å². The maximum absolute atomic E-state index is 3.09. The Morgan fingerprint density at radius 3 is 1.17 bits per heavy atom. The maximum Gasteiger partial charge on any atom is -1.00 e. The van der Waals surface area contributed by atoms with Gasteiger partial charge in [-0.2, -0.15) is 0 Å². The van der Waals surface area contributed by atoms with Crippen LogP contribution in [0.3, 0.4) is 0 Å². The van der Waals surface area contributed by atoms with Crippen LogP contribution in [0.25, 0.3) is 22.3 Å². The molecule has 0 bridgehead atoms. The molecule has 8 rings (SSSR count). The molecular formula is C61H76Cl2Zr. The van der Waals surface area contributed by atoms with E-state index >= 15 is 0 Å². The van der Waals surface area contributed by atoms with Gasteiger partial charge in [0.25, 0.3) is 0 Å². The Balaban J connectivity index is 0.00000340. The summed E-state index contributed by atoms with van der Waals surface area (Å²) < 4.78 is 3.67. The molecule has 0 spiro atoms. The van der Waals surface area contributed by atoms with Gasteiger partial charge in [-0.05, 0) is 0 Å². The van der Waals surface area contributed by atoms with Gasteiger partial charge in [-0.15, -0.1) is 0 Å². The number of fused-ring (bicyclic) bond motifs is 5. The summed E-state index contributed by atoms with van der Waals surface area (Å²) in [7, 11) is 0. The minimum Gasteiger partial charge on any atom is -1.00 e. The summed E-state index contributed by atoms with van der Waals surface area (Å²) in [4.78, 5) is 0. The van der Waals surface area contributed by atoms with E-state index in [0.29, 0.717) is 3.63 Å². The molecule has 64 heavy (non-hydrogen) atoms. The van der Waals surface area contributed by atoms with Gasteiger partial charge in [0.05, 0.1) is 0 Å². The van der Waals surface area contributed by atoms with Crippen LogP contribution in [-0.2, 0) is 42.9 Å². The van der Waals surface area contributed by atoms with Gasteiger partial charge in [-0.1, -0.05) is 0 Å². The molecule has 3 heteroatoms. The average Bonchev–Trinajstić information content (AvgIpc) is 3.89. The molecule has 4 aliphatic rings. The normalized spacial score (nSPS) is 17.4. The zero-order valence-corrected chi connectivity index (χ0v) is 46.7. The van der Waals surface area contributed by atoms with Crippen LogP contribution in [0.4, 0.5) is 0 Å². The van der Waals surface area contributed by atoms with Gasteiger partial charge < -0.3 is 24.8 Å². The number of halogens is 2. The molecule has 0 fully saturated rings. The van der Waals surface area contributed by atoms with E-state index in [-0.39, 0.29) is 62.7 Å². The van der Waals surface area contributed by atoms with Crippen LogP contribution >= 0.6 is 0 Å². The fraction of sp³-hybridized carbons (Fsp3) is 0.459. The quantitative estimate of drug-likeness (QED) is 0.191. The molecule has 0 N–H and O–H groups in total. The maximum atomic E-state index is 2.73. The molecule has 0 unspecified atom stereocenters. The first-order chi connectivity index (χ1) is 28.4. The van der Waals surface area contributed by atoms with Gasteiger partial charge in [0, 0.05) is 0 Å². The molecular weight excluding hydrogens is 895 g/mol. The van der Waals surface area contributed by atoms with Gasteiger partial charge in [0.15, 0.2) is 0 Å². The largest absolute Gasteiger partial charge is 1.00 e. The van der Waals surface area contributed by atoms with E-state index in [4.69, 9.17) is 0 Å². The van der Waals surface area contributed by atoms with Crippen molar-refractivity contribution in [2.75, 3.05) is 0 Å². The summed E-state index contributed by atoms with van der Waals surface area (Å²) in [5.41, 5.74) is 22.4. The van der Waals surface area contributed by atoms with Gasteiger partial charge in [-0.25, -0.2) is 0 Å². The molecule has 0 aliphatic heterocycles. The summed E-state index contributed by atoms with van der Waals surface area (Å²) in [6.45, 7) is 45.5. The third kappa shape index (κ3) is 8.88. The van der Waals surface area contributed by atoms with E-state index in [2.05, 4.69) is 229 Å². The number of hydrogen-bond donors (Lipinski definition) is 0. The van der Waals surface area contributed by atoms with Crippen molar-refractivity contribution in [2.24, 2.45) is 16.2 Å². The second-order valence-corrected chi connectivity index (χ2v) is 31.9. The minimum atomic E-state index is -3.09. The van der Waals surface area contributed by atoms with E-state index in [1.54, 1.807) is 17.6 Å². The topological polar surface area (TPSA) is 0 Å². The Labute approximate surface area is 409 Å². The molecule has 0 nitrogen and oxygen atoms in total. The van der Waals surface area contributed by atoms with E-state index in [1.165, 1.54) is 72.4 Å². The second-order valence-electron chi connectivity index (χ2n) is 25.7. The van der Waals surface area contributed by atoms with Crippen LogP contribution in [0.1, 0.15) is 197 Å². The van der Waals surface area contributed by atoms with Crippen molar-refractivity contribution in [1.29, 1.82) is 0 Å². The Morgan fingerprint density at radius 1 is 0.484 bits per heavy atom. The summed E-state index contributed by atoms with van der Waals surface area (Å²) in [6.07, 6.45) is 11.5. The van der Waals surface area contributed by atoms with Crippen LogP contribution < -0.4 is 24.8 Å². The monoisotopic (exact) mass is 968 g/mol. The number of allylic oxidation sites excluding steroid dienone is 8. The minimum absolute atomic E-state index is 0. The standard InChI is InChI=1S/C31H37.C21H26.C9H13.2ClH.Zr/c1-28(2,3)26-16-30(7,8)24-12-18-11-19-13-25-23(15-21(19)20(18)14-22(24)26)27(29(4,5)6)17-31(25,9)10;1-20(2,3)18-11-7-16(8-12-18)15-17-9-13-19(14-10-17)21(4,5)6;1-9(2,3)8-6-4-5-7-8;;;/h11-17H,1-10H3;7-14H,1-6H3;6-7H,4H2,1-3H3;2*1H;/q;;;;;+2/p-2. The molecule has 0 saturated carbocycles. The molecule has 4 aliphatic carbocycles. The van der Waals surface area contributed by atoms with E-state index in [9.17, 15) is 0 Å². The Kier molecular flexibility index (Phi) is 13.0. The third-order valence-corrected chi connectivity index (χ3v) is 22.9. The van der Waals surface area contributed by atoms with Gasteiger partial charge >= 0.3 is 388 Å². The number of benzene rings is 4. The van der Waals surface area contributed by atoms with Gasteiger partial charge in [-0.3, -0.25) is 0 Å². The predicted molar refractivity (Wildman–Crippen MR) is 268 cm³/mol. The summed E-state index contributed by atoms with van der Waals surface area (Å²) in [6, 6.07) is 30.5. The first-order valence-corrected chi connectivity index (χ1v) is 27.5. The number of hydrogen-bond acceptors (Lipinski definition) is 0. The van der Waals surface area contributed by atoms with Crippen molar-refractivity contribution in [3.63, 3.8) is 0 Å². The Hall–Kier alpha value is -2.83. The van der Waals surface area contributed by atoms with Gasteiger partial charge in [0.2, 0.25) is 0 Å². The van der Waals surface area contributed by atoms with Crippen LogP contribution in [0.2, 0.25) is 0 Å².